The molecular formula is C24H34NO2+. The highest BCUT2D eigenvalue weighted by Gasteiger charge is 2.44. The van der Waals surface area contributed by atoms with Crippen LogP contribution in [0.1, 0.15) is 43.4 Å². The van der Waals surface area contributed by atoms with E-state index in [1.54, 1.807) is 0 Å². The smallest absolute Gasteiger partial charge is 0.104 e. The predicted octanol–water partition coefficient (Wildman–Crippen LogP) is 2.79. The van der Waals surface area contributed by atoms with Crippen LogP contribution in [0.15, 0.2) is 54.6 Å². The van der Waals surface area contributed by atoms with Crippen LogP contribution in [0.4, 0.5) is 0 Å². The molecule has 0 saturated carbocycles. The zero-order valence-electron chi connectivity index (χ0n) is 16.9. The van der Waals surface area contributed by atoms with Gasteiger partial charge in [-0.25, -0.2) is 0 Å². The topological polar surface area (TPSA) is 33.9 Å². The van der Waals surface area contributed by atoms with E-state index in [0.29, 0.717) is 0 Å². The summed E-state index contributed by atoms with van der Waals surface area (Å²) in [5.74, 6) is 0.148. The molecule has 146 valence electrons. The lowest BCUT2D eigenvalue weighted by Crippen LogP contribution is -3.14. The van der Waals surface area contributed by atoms with Crippen LogP contribution in [0.3, 0.4) is 0 Å². The van der Waals surface area contributed by atoms with Crippen molar-refractivity contribution in [1.82, 2.24) is 0 Å². The molecule has 2 aromatic rings. The highest BCUT2D eigenvalue weighted by Crippen LogP contribution is 2.42. The normalized spacial score (nSPS) is 19.0. The highest BCUT2D eigenvalue weighted by atomic mass is 16.5. The third-order valence-electron chi connectivity index (χ3n) is 6.13. The molecular weight excluding hydrogens is 334 g/mol. The molecule has 3 heteroatoms. The number of hydrogen-bond acceptors (Lipinski definition) is 2. The summed E-state index contributed by atoms with van der Waals surface area (Å²) in [6, 6.07) is 19.1. The maximum Gasteiger partial charge on any atom is 0.104 e. The first kappa shape index (κ1) is 20.1. The molecule has 1 aliphatic rings. The van der Waals surface area contributed by atoms with Crippen LogP contribution in [-0.2, 0) is 16.8 Å². The second-order valence-corrected chi connectivity index (χ2v) is 8.06. The lowest BCUT2D eigenvalue weighted by molar-refractivity contribution is -0.910. The summed E-state index contributed by atoms with van der Waals surface area (Å²) in [7, 11) is 0. The number of ether oxygens (including phenoxy) is 1. The molecule has 3 rings (SSSR count). The summed E-state index contributed by atoms with van der Waals surface area (Å²) in [6.07, 6.45) is 1.01. The van der Waals surface area contributed by atoms with Crippen molar-refractivity contribution in [2.45, 2.75) is 38.7 Å². The van der Waals surface area contributed by atoms with Crippen LogP contribution in [-0.4, -0.2) is 38.0 Å². The number of aliphatic hydroxyl groups is 1. The van der Waals surface area contributed by atoms with Crippen molar-refractivity contribution in [3.05, 3.63) is 71.3 Å². The summed E-state index contributed by atoms with van der Waals surface area (Å²) in [5, 5.41) is 12.1. The minimum Gasteiger partial charge on any atom is -0.384 e. The first-order chi connectivity index (χ1) is 13.1. The quantitative estimate of drug-likeness (QED) is 0.788. The summed E-state index contributed by atoms with van der Waals surface area (Å²) in [6.45, 7) is 11.0. The molecule has 2 atom stereocenters. The first-order valence-electron chi connectivity index (χ1n) is 10.3. The summed E-state index contributed by atoms with van der Waals surface area (Å²) < 4.78 is 5.55. The van der Waals surface area contributed by atoms with E-state index in [2.05, 4.69) is 69.3 Å². The Kier molecular flexibility index (Phi) is 6.69. The molecule has 1 fully saturated rings. The van der Waals surface area contributed by atoms with Gasteiger partial charge in [-0.05, 0) is 29.0 Å². The Hall–Kier alpha value is -1.68. The van der Waals surface area contributed by atoms with Crippen LogP contribution in [0.5, 0.6) is 0 Å². The molecule has 0 spiro atoms. The lowest BCUT2D eigenvalue weighted by atomic mass is 9.70. The number of nitrogens with one attached hydrogen (secondary N) is 1. The number of morpholine rings is 1. The molecule has 0 aliphatic carbocycles. The summed E-state index contributed by atoms with van der Waals surface area (Å²) >= 11 is 0. The minimum atomic E-state index is -0.904. The van der Waals surface area contributed by atoms with Gasteiger partial charge in [0, 0.05) is 0 Å². The largest absolute Gasteiger partial charge is 0.384 e. The van der Waals surface area contributed by atoms with Crippen LogP contribution in [0.2, 0.25) is 0 Å². The SMILES string of the molecule is CCc1ccc(C(O)(C(C)C)C(C[NH+]2CCOCC2)c2ccccc2)cc1. The van der Waals surface area contributed by atoms with Crippen LogP contribution in [0, 0.1) is 5.92 Å². The van der Waals surface area contributed by atoms with Crippen LogP contribution < -0.4 is 4.90 Å². The Morgan fingerprint density at radius 2 is 1.63 bits per heavy atom. The predicted molar refractivity (Wildman–Crippen MR) is 110 cm³/mol. The van der Waals surface area contributed by atoms with Crippen LogP contribution in [0.25, 0.3) is 0 Å². The molecule has 0 bridgehead atoms. The molecule has 3 nitrogen and oxygen atoms in total. The van der Waals surface area contributed by atoms with E-state index in [1.165, 1.54) is 16.0 Å². The van der Waals surface area contributed by atoms with Crippen molar-refractivity contribution in [3.63, 3.8) is 0 Å². The van der Waals surface area contributed by atoms with Gasteiger partial charge in [0.25, 0.3) is 0 Å². The van der Waals surface area contributed by atoms with Gasteiger partial charge in [0.05, 0.1) is 25.7 Å². The minimum absolute atomic E-state index is 0.0410. The third-order valence-corrected chi connectivity index (χ3v) is 6.13. The number of aryl methyl sites for hydroxylation is 1. The maximum absolute atomic E-state index is 12.1. The van der Waals surface area contributed by atoms with E-state index in [9.17, 15) is 5.11 Å². The molecule has 27 heavy (non-hydrogen) atoms. The van der Waals surface area contributed by atoms with Gasteiger partial charge < -0.3 is 14.7 Å². The van der Waals surface area contributed by atoms with E-state index in [-0.39, 0.29) is 11.8 Å². The molecule has 2 N–H and O–H groups in total. The number of hydrogen-bond donors (Lipinski definition) is 2. The van der Waals surface area contributed by atoms with E-state index in [0.717, 1.165) is 44.8 Å². The fraction of sp³-hybridized carbons (Fsp3) is 0.500. The molecule has 2 unspecified atom stereocenters. The molecule has 0 amide bonds. The molecule has 0 radical (unpaired) electrons. The lowest BCUT2D eigenvalue weighted by Gasteiger charge is -2.42. The molecule has 1 aliphatic heterocycles. The van der Waals surface area contributed by atoms with Gasteiger partial charge in [-0.3, -0.25) is 0 Å². The Balaban J connectivity index is 2.01. The van der Waals surface area contributed by atoms with Crippen molar-refractivity contribution >= 4 is 0 Å². The van der Waals surface area contributed by atoms with Gasteiger partial charge in [0.1, 0.15) is 18.7 Å². The maximum atomic E-state index is 12.1. The van der Waals surface area contributed by atoms with Gasteiger partial charge in [0.2, 0.25) is 0 Å². The van der Waals surface area contributed by atoms with E-state index >= 15 is 0 Å². The molecule has 1 heterocycles. The van der Waals surface area contributed by atoms with E-state index < -0.39 is 5.60 Å². The van der Waals surface area contributed by atoms with Crippen molar-refractivity contribution in [2.75, 3.05) is 32.8 Å². The zero-order chi connectivity index (χ0) is 19.3. The van der Waals surface area contributed by atoms with Gasteiger partial charge >= 0.3 is 0 Å². The fourth-order valence-corrected chi connectivity index (χ4v) is 4.31. The average molecular weight is 369 g/mol. The van der Waals surface area contributed by atoms with E-state index in [1.807, 2.05) is 6.07 Å². The Morgan fingerprint density at radius 1 is 1.00 bits per heavy atom. The summed E-state index contributed by atoms with van der Waals surface area (Å²) in [4.78, 5) is 1.51. The zero-order valence-corrected chi connectivity index (χ0v) is 16.9. The summed E-state index contributed by atoms with van der Waals surface area (Å²) in [5.41, 5.74) is 2.64. The second kappa shape index (κ2) is 9.01. The Bertz CT molecular complexity index is 692. The van der Waals surface area contributed by atoms with Crippen molar-refractivity contribution < 1.29 is 14.7 Å². The highest BCUT2D eigenvalue weighted by molar-refractivity contribution is 5.34. The van der Waals surface area contributed by atoms with Gasteiger partial charge in [-0.2, -0.15) is 0 Å². The van der Waals surface area contributed by atoms with E-state index in [4.69, 9.17) is 4.74 Å². The third kappa shape index (κ3) is 4.43. The number of benzene rings is 2. The van der Waals surface area contributed by atoms with Crippen molar-refractivity contribution in [2.24, 2.45) is 5.92 Å². The molecule has 2 aromatic carbocycles. The number of rotatable bonds is 7. The molecule has 1 saturated heterocycles. The Labute approximate surface area is 164 Å². The fourth-order valence-electron chi connectivity index (χ4n) is 4.31. The van der Waals surface area contributed by atoms with Crippen molar-refractivity contribution in [3.8, 4) is 0 Å². The van der Waals surface area contributed by atoms with Gasteiger partial charge in [-0.1, -0.05) is 75.4 Å². The standard InChI is InChI=1S/C24H33NO2/c1-4-20-10-12-22(13-11-20)24(26,19(2)3)23(21-8-6-5-7-9-21)18-25-14-16-27-17-15-25/h5-13,19,23,26H,4,14-18H2,1-3H3/p+1. The van der Waals surface area contributed by atoms with Gasteiger partial charge in [-0.15, -0.1) is 0 Å². The molecule has 0 aromatic heterocycles. The van der Waals surface area contributed by atoms with Crippen molar-refractivity contribution in [1.29, 1.82) is 0 Å². The first-order valence-corrected chi connectivity index (χ1v) is 10.3. The Morgan fingerprint density at radius 3 is 2.19 bits per heavy atom. The average Bonchev–Trinajstić information content (AvgIpc) is 2.73. The van der Waals surface area contributed by atoms with Crippen LogP contribution >= 0.6 is 0 Å². The monoisotopic (exact) mass is 368 g/mol. The second-order valence-electron chi connectivity index (χ2n) is 8.06. The van der Waals surface area contributed by atoms with Gasteiger partial charge in [0.15, 0.2) is 0 Å². The number of quaternary nitrogens is 1.